The van der Waals surface area contributed by atoms with E-state index in [2.05, 4.69) is 75.1 Å². The van der Waals surface area contributed by atoms with Gasteiger partial charge >= 0.3 is 0 Å². The Bertz CT molecular complexity index is 788. The first-order valence-corrected chi connectivity index (χ1v) is 10.9. The number of guanidine groups is 1. The molecule has 1 fully saturated rings. The molecule has 0 bridgehead atoms. The van der Waals surface area contributed by atoms with E-state index >= 15 is 0 Å². The first-order valence-electron chi connectivity index (χ1n) is 10.9. The topological polar surface area (TPSA) is 60.7 Å². The van der Waals surface area contributed by atoms with Crippen LogP contribution in [0.3, 0.4) is 0 Å². The number of hydrogen-bond acceptors (Lipinski definition) is 4. The van der Waals surface area contributed by atoms with Crippen LogP contribution in [0.2, 0.25) is 0 Å². The molecule has 0 spiro atoms. The Morgan fingerprint density at radius 2 is 1.80 bits per heavy atom. The molecule has 30 heavy (non-hydrogen) atoms. The van der Waals surface area contributed by atoms with Crippen LogP contribution >= 0.6 is 0 Å². The Kier molecular flexibility index (Phi) is 8.28. The van der Waals surface area contributed by atoms with Crippen LogP contribution in [0.4, 0.5) is 0 Å². The highest BCUT2D eigenvalue weighted by Gasteiger charge is 2.16. The lowest BCUT2D eigenvalue weighted by Crippen LogP contribution is -2.41. The number of piperidine rings is 1. The standard InChI is InChI=1S/C23H37N7/c1-24-23(26-16-22(28(2)3)21-15-27-29(4)18-21)25-14-19-8-10-20(11-9-19)17-30-12-6-5-7-13-30/h8-11,15,18,22H,5-7,12-14,16-17H2,1-4H3,(H2,24,25,26). The third-order valence-electron chi connectivity index (χ3n) is 5.76. The molecular formula is C23H37N7. The molecule has 7 heteroatoms. The predicted octanol–water partition coefficient (Wildman–Crippen LogP) is 2.37. The number of aryl methyl sites for hydroxylation is 1. The van der Waals surface area contributed by atoms with Gasteiger partial charge in [0.15, 0.2) is 5.96 Å². The second kappa shape index (κ2) is 11.1. The third kappa shape index (κ3) is 6.57. The van der Waals surface area contributed by atoms with Crippen molar-refractivity contribution in [1.82, 2.24) is 30.2 Å². The minimum absolute atomic E-state index is 0.228. The fourth-order valence-electron chi connectivity index (χ4n) is 3.95. The summed E-state index contributed by atoms with van der Waals surface area (Å²) < 4.78 is 1.84. The zero-order valence-corrected chi connectivity index (χ0v) is 18.9. The SMILES string of the molecule is CN=C(NCc1ccc(CN2CCCCC2)cc1)NCC(c1cnn(C)c1)N(C)C. The quantitative estimate of drug-likeness (QED) is 0.516. The lowest BCUT2D eigenvalue weighted by Gasteiger charge is -2.26. The molecule has 0 saturated carbocycles. The molecule has 1 saturated heterocycles. The van der Waals surface area contributed by atoms with Crippen molar-refractivity contribution >= 4 is 5.96 Å². The van der Waals surface area contributed by atoms with E-state index in [0.717, 1.165) is 25.6 Å². The highest BCUT2D eigenvalue weighted by molar-refractivity contribution is 5.79. The average molecular weight is 412 g/mol. The Morgan fingerprint density at radius 1 is 1.10 bits per heavy atom. The molecule has 1 unspecified atom stereocenters. The van der Waals surface area contributed by atoms with Gasteiger partial charge in [-0.25, -0.2) is 0 Å². The molecule has 2 aromatic rings. The van der Waals surface area contributed by atoms with Crippen molar-refractivity contribution < 1.29 is 0 Å². The van der Waals surface area contributed by atoms with E-state index in [-0.39, 0.29) is 6.04 Å². The van der Waals surface area contributed by atoms with Crippen molar-refractivity contribution in [1.29, 1.82) is 0 Å². The minimum atomic E-state index is 0.228. The van der Waals surface area contributed by atoms with Gasteiger partial charge in [-0.3, -0.25) is 14.6 Å². The number of nitrogens with one attached hydrogen (secondary N) is 2. The normalized spacial score (nSPS) is 16.6. The highest BCUT2D eigenvalue weighted by Crippen LogP contribution is 2.16. The summed E-state index contributed by atoms with van der Waals surface area (Å²) in [4.78, 5) is 9.13. The van der Waals surface area contributed by atoms with Gasteiger partial charge in [0.1, 0.15) is 0 Å². The van der Waals surface area contributed by atoms with E-state index in [1.54, 1.807) is 0 Å². The van der Waals surface area contributed by atoms with E-state index in [1.165, 1.54) is 49.0 Å². The monoisotopic (exact) mass is 411 g/mol. The van der Waals surface area contributed by atoms with E-state index in [0.29, 0.717) is 0 Å². The number of likely N-dealkylation sites (N-methyl/N-ethyl adjacent to an activating group) is 1. The van der Waals surface area contributed by atoms with Crippen molar-refractivity contribution in [3.63, 3.8) is 0 Å². The number of benzene rings is 1. The maximum Gasteiger partial charge on any atom is 0.191 e. The van der Waals surface area contributed by atoms with Crippen LogP contribution in [-0.4, -0.2) is 66.3 Å². The first kappa shape index (κ1) is 22.3. The van der Waals surface area contributed by atoms with Crippen LogP contribution in [0.15, 0.2) is 41.7 Å². The molecule has 2 heterocycles. The number of aromatic nitrogens is 2. The van der Waals surface area contributed by atoms with Crippen LogP contribution < -0.4 is 10.6 Å². The summed E-state index contributed by atoms with van der Waals surface area (Å²) in [5.74, 6) is 0.808. The summed E-state index contributed by atoms with van der Waals surface area (Å²) in [6.07, 6.45) is 8.04. The fourth-order valence-corrected chi connectivity index (χ4v) is 3.95. The summed E-state index contributed by atoms with van der Waals surface area (Å²) in [6.45, 7) is 5.05. The first-order chi connectivity index (χ1) is 14.5. The summed E-state index contributed by atoms with van der Waals surface area (Å²) in [6, 6.07) is 9.18. The van der Waals surface area contributed by atoms with Crippen LogP contribution in [0.1, 0.15) is 42.0 Å². The Morgan fingerprint density at radius 3 is 2.40 bits per heavy atom. The Hall–Kier alpha value is -2.38. The molecular weight excluding hydrogens is 374 g/mol. The maximum atomic E-state index is 4.38. The number of likely N-dealkylation sites (tertiary alicyclic amines) is 1. The summed E-state index contributed by atoms with van der Waals surface area (Å²) >= 11 is 0. The predicted molar refractivity (Wildman–Crippen MR) is 123 cm³/mol. The van der Waals surface area contributed by atoms with Gasteiger partial charge in [0.2, 0.25) is 0 Å². The van der Waals surface area contributed by atoms with Gasteiger partial charge in [-0.2, -0.15) is 5.10 Å². The number of aliphatic imine (C=N–C) groups is 1. The van der Waals surface area contributed by atoms with Gasteiger partial charge in [0.25, 0.3) is 0 Å². The second-order valence-electron chi connectivity index (χ2n) is 8.39. The van der Waals surface area contributed by atoms with Crippen molar-refractivity contribution in [3.8, 4) is 0 Å². The van der Waals surface area contributed by atoms with Crippen LogP contribution in [0.25, 0.3) is 0 Å². The van der Waals surface area contributed by atoms with Gasteiger partial charge in [0, 0.05) is 45.5 Å². The molecule has 1 aliphatic heterocycles. The molecule has 0 aliphatic carbocycles. The Labute approximate surface area is 181 Å². The van der Waals surface area contributed by atoms with E-state index in [1.807, 2.05) is 25.0 Å². The lowest BCUT2D eigenvalue weighted by molar-refractivity contribution is 0.221. The number of nitrogens with zero attached hydrogens (tertiary/aromatic N) is 5. The Balaban J connectivity index is 1.47. The van der Waals surface area contributed by atoms with Crippen LogP contribution in [-0.2, 0) is 20.1 Å². The zero-order valence-electron chi connectivity index (χ0n) is 18.9. The smallest absolute Gasteiger partial charge is 0.191 e. The van der Waals surface area contributed by atoms with Gasteiger partial charge in [-0.05, 0) is 51.2 Å². The highest BCUT2D eigenvalue weighted by atomic mass is 15.3. The maximum absolute atomic E-state index is 4.38. The van der Waals surface area contributed by atoms with Crippen LogP contribution in [0.5, 0.6) is 0 Å². The summed E-state index contributed by atoms with van der Waals surface area (Å²) in [7, 11) is 7.93. The summed E-state index contributed by atoms with van der Waals surface area (Å²) in [5, 5.41) is 11.2. The fraction of sp³-hybridized carbons (Fsp3) is 0.565. The molecule has 1 atom stereocenters. The molecule has 0 amide bonds. The van der Waals surface area contributed by atoms with Gasteiger partial charge in [-0.15, -0.1) is 0 Å². The van der Waals surface area contributed by atoms with E-state index < -0.39 is 0 Å². The lowest BCUT2D eigenvalue weighted by atomic mass is 10.1. The van der Waals surface area contributed by atoms with Crippen molar-refractivity contribution in [2.75, 3.05) is 40.8 Å². The average Bonchev–Trinajstić information content (AvgIpc) is 3.18. The molecule has 1 aromatic carbocycles. The zero-order chi connectivity index (χ0) is 21.3. The molecule has 1 aromatic heterocycles. The minimum Gasteiger partial charge on any atom is -0.354 e. The summed E-state index contributed by atoms with van der Waals surface area (Å²) in [5.41, 5.74) is 3.85. The van der Waals surface area contributed by atoms with Gasteiger partial charge < -0.3 is 15.5 Å². The second-order valence-corrected chi connectivity index (χ2v) is 8.39. The number of hydrogen-bond donors (Lipinski definition) is 2. The van der Waals surface area contributed by atoms with Crippen molar-refractivity contribution in [2.24, 2.45) is 12.0 Å². The molecule has 164 valence electrons. The van der Waals surface area contributed by atoms with Crippen molar-refractivity contribution in [2.45, 2.75) is 38.4 Å². The third-order valence-corrected chi connectivity index (χ3v) is 5.76. The van der Waals surface area contributed by atoms with Gasteiger partial charge in [0.05, 0.1) is 12.2 Å². The van der Waals surface area contributed by atoms with Crippen LogP contribution in [0, 0.1) is 0 Å². The largest absolute Gasteiger partial charge is 0.354 e. The van der Waals surface area contributed by atoms with E-state index in [9.17, 15) is 0 Å². The molecule has 2 N–H and O–H groups in total. The van der Waals surface area contributed by atoms with Gasteiger partial charge in [-0.1, -0.05) is 30.7 Å². The molecule has 3 rings (SSSR count). The molecule has 1 aliphatic rings. The van der Waals surface area contributed by atoms with E-state index in [4.69, 9.17) is 0 Å². The molecule has 7 nitrogen and oxygen atoms in total. The molecule has 0 radical (unpaired) electrons. The number of rotatable bonds is 8. The van der Waals surface area contributed by atoms with Crippen molar-refractivity contribution in [3.05, 3.63) is 53.3 Å².